The normalized spacial score (nSPS) is 20.1. The Morgan fingerprint density at radius 3 is 2.67 bits per heavy atom. The van der Waals surface area contributed by atoms with Gasteiger partial charge in [0.2, 0.25) is 0 Å². The van der Waals surface area contributed by atoms with Crippen LogP contribution < -0.4 is 0 Å². The van der Waals surface area contributed by atoms with Crippen LogP contribution >= 0.6 is 0 Å². The van der Waals surface area contributed by atoms with E-state index in [1.807, 2.05) is 0 Å². The van der Waals surface area contributed by atoms with Crippen molar-refractivity contribution in [3.8, 4) is 5.75 Å². The van der Waals surface area contributed by atoms with E-state index >= 15 is 0 Å². The van der Waals surface area contributed by atoms with Crippen LogP contribution in [0.4, 0.5) is 4.39 Å². The fourth-order valence-corrected chi connectivity index (χ4v) is 3.71. The average Bonchev–Trinajstić information content (AvgIpc) is 2.63. The first-order valence-corrected chi connectivity index (χ1v) is 8.72. The molecular weight excluding hydrogens is 297 g/mol. The molecule has 1 fully saturated rings. The molecule has 21 heavy (non-hydrogen) atoms. The van der Waals surface area contributed by atoms with Crippen LogP contribution in [0.15, 0.2) is 18.2 Å². The van der Waals surface area contributed by atoms with Crippen LogP contribution in [-0.4, -0.2) is 48.9 Å². The van der Waals surface area contributed by atoms with Gasteiger partial charge < -0.3 is 10.0 Å². The van der Waals surface area contributed by atoms with Crippen LogP contribution in [0.25, 0.3) is 0 Å². The number of likely N-dealkylation sites (tertiary alicyclic amines) is 1. The number of carbonyl (C=O) groups is 1. The first-order chi connectivity index (χ1) is 9.80. The number of carbonyl (C=O) groups excluding carboxylic acids is 1. The maximum atomic E-state index is 13.7. The molecule has 0 bridgehead atoms. The van der Waals surface area contributed by atoms with Gasteiger partial charge in [0, 0.05) is 19.3 Å². The predicted molar refractivity (Wildman–Crippen MR) is 76.5 cm³/mol. The Morgan fingerprint density at radius 1 is 1.33 bits per heavy atom. The number of halogens is 1. The number of amides is 1. The maximum absolute atomic E-state index is 13.7. The summed E-state index contributed by atoms with van der Waals surface area (Å²) in [7, 11) is -3.14. The van der Waals surface area contributed by atoms with Gasteiger partial charge in [-0.05, 0) is 31.4 Å². The highest BCUT2D eigenvalue weighted by Gasteiger charge is 2.28. The van der Waals surface area contributed by atoms with E-state index < -0.39 is 32.6 Å². The molecule has 2 rings (SSSR count). The van der Waals surface area contributed by atoms with E-state index in [2.05, 4.69) is 0 Å². The highest BCUT2D eigenvalue weighted by atomic mass is 32.2. The number of hydrogen-bond acceptors (Lipinski definition) is 4. The number of nitrogens with zero attached hydrogens (tertiary/aromatic N) is 1. The lowest BCUT2D eigenvalue weighted by Gasteiger charge is -2.21. The highest BCUT2D eigenvalue weighted by molar-refractivity contribution is 7.91. The number of hydrogen-bond donors (Lipinski definition) is 1. The van der Waals surface area contributed by atoms with Gasteiger partial charge in [-0.15, -0.1) is 0 Å². The molecule has 1 aromatic carbocycles. The number of aromatic hydroxyl groups is 1. The van der Waals surface area contributed by atoms with Gasteiger partial charge in [-0.2, -0.15) is 0 Å². The Labute approximate surface area is 123 Å². The third kappa shape index (κ3) is 3.53. The summed E-state index contributed by atoms with van der Waals surface area (Å²) in [5.41, 5.74) is -0.352. The van der Waals surface area contributed by atoms with Crippen molar-refractivity contribution in [3.05, 3.63) is 29.6 Å². The van der Waals surface area contributed by atoms with E-state index in [1.165, 1.54) is 23.3 Å². The van der Waals surface area contributed by atoms with Crippen LogP contribution in [0.2, 0.25) is 0 Å². The van der Waals surface area contributed by atoms with E-state index in [0.717, 1.165) is 6.07 Å². The number of phenolic OH excluding ortho intramolecular Hbond substituents is 1. The molecule has 0 spiro atoms. The molecule has 1 N–H and O–H groups in total. The lowest BCUT2D eigenvalue weighted by atomic mass is 10.1. The van der Waals surface area contributed by atoms with Crippen LogP contribution in [0.1, 0.15) is 29.6 Å². The third-order valence-corrected chi connectivity index (χ3v) is 5.46. The molecule has 1 aliphatic rings. The van der Waals surface area contributed by atoms with Crippen molar-refractivity contribution < 1.29 is 22.7 Å². The largest absolute Gasteiger partial charge is 0.507 e. The molecule has 1 saturated heterocycles. The molecular formula is C14H18FNO4S. The molecule has 1 unspecified atom stereocenters. The van der Waals surface area contributed by atoms with Crippen molar-refractivity contribution >= 4 is 15.7 Å². The van der Waals surface area contributed by atoms with Crippen molar-refractivity contribution in [2.75, 3.05) is 19.3 Å². The first-order valence-electron chi connectivity index (χ1n) is 6.76. The quantitative estimate of drug-likeness (QED) is 0.899. The van der Waals surface area contributed by atoms with E-state index in [9.17, 15) is 22.7 Å². The molecule has 7 heteroatoms. The van der Waals surface area contributed by atoms with Crippen molar-refractivity contribution in [3.63, 3.8) is 0 Å². The summed E-state index contributed by atoms with van der Waals surface area (Å²) < 4.78 is 36.9. The monoisotopic (exact) mass is 315 g/mol. The van der Waals surface area contributed by atoms with Crippen molar-refractivity contribution in [2.24, 2.45) is 0 Å². The Hall–Kier alpha value is -1.63. The SMILES string of the molecule is CS(=O)(=O)C1CCCN(C(=O)c2c(O)cccc2F)CC1. The molecule has 1 amide bonds. The summed E-state index contributed by atoms with van der Waals surface area (Å²) in [6.45, 7) is 0.600. The third-order valence-electron chi connectivity index (χ3n) is 3.77. The van der Waals surface area contributed by atoms with Gasteiger partial charge in [0.05, 0.1) is 5.25 Å². The number of phenols is 1. The standard InChI is InChI=1S/C14H18FNO4S/c1-21(19,20)10-4-3-8-16(9-7-10)14(18)13-11(15)5-2-6-12(13)17/h2,5-6,10,17H,3-4,7-9H2,1H3. The second-order valence-electron chi connectivity index (χ2n) is 5.31. The summed E-state index contributed by atoms with van der Waals surface area (Å²) in [6, 6.07) is 3.70. The minimum atomic E-state index is -3.14. The second-order valence-corrected chi connectivity index (χ2v) is 7.63. The van der Waals surface area contributed by atoms with Gasteiger partial charge in [-0.3, -0.25) is 4.79 Å². The topological polar surface area (TPSA) is 74.7 Å². The van der Waals surface area contributed by atoms with Gasteiger partial charge >= 0.3 is 0 Å². The molecule has 0 radical (unpaired) electrons. The lowest BCUT2D eigenvalue weighted by molar-refractivity contribution is 0.0753. The minimum Gasteiger partial charge on any atom is -0.507 e. The summed E-state index contributed by atoms with van der Waals surface area (Å²) in [5, 5.41) is 9.19. The van der Waals surface area contributed by atoms with Gasteiger partial charge in [0.15, 0.2) is 0 Å². The Bertz CT molecular complexity index is 624. The van der Waals surface area contributed by atoms with Gasteiger partial charge in [-0.1, -0.05) is 6.07 Å². The van der Waals surface area contributed by atoms with Gasteiger partial charge in [0.25, 0.3) is 5.91 Å². The van der Waals surface area contributed by atoms with Gasteiger partial charge in [-0.25, -0.2) is 12.8 Å². The van der Waals surface area contributed by atoms with E-state index in [4.69, 9.17) is 0 Å². The number of benzene rings is 1. The molecule has 1 aliphatic heterocycles. The fraction of sp³-hybridized carbons (Fsp3) is 0.500. The Balaban J connectivity index is 2.18. The van der Waals surface area contributed by atoms with Crippen molar-refractivity contribution in [2.45, 2.75) is 24.5 Å². The zero-order chi connectivity index (χ0) is 15.6. The maximum Gasteiger partial charge on any atom is 0.260 e. The molecule has 1 aromatic rings. The molecule has 116 valence electrons. The molecule has 0 aliphatic carbocycles. The van der Waals surface area contributed by atoms with E-state index in [-0.39, 0.29) is 12.1 Å². The van der Waals surface area contributed by atoms with Gasteiger partial charge in [0.1, 0.15) is 27.0 Å². The molecule has 5 nitrogen and oxygen atoms in total. The summed E-state index contributed by atoms with van der Waals surface area (Å²) in [5.74, 6) is -1.77. The number of rotatable bonds is 2. The van der Waals surface area contributed by atoms with Crippen LogP contribution in [0, 0.1) is 5.82 Å². The Kier molecular flexibility index (Phi) is 4.51. The minimum absolute atomic E-state index is 0.240. The molecule has 0 saturated carbocycles. The molecule has 1 heterocycles. The smallest absolute Gasteiger partial charge is 0.260 e. The summed E-state index contributed by atoms with van der Waals surface area (Å²) >= 11 is 0. The Morgan fingerprint density at radius 2 is 2.05 bits per heavy atom. The molecule has 1 atom stereocenters. The van der Waals surface area contributed by atoms with Crippen molar-refractivity contribution in [1.29, 1.82) is 0 Å². The van der Waals surface area contributed by atoms with E-state index in [0.29, 0.717) is 25.8 Å². The molecule has 0 aromatic heterocycles. The zero-order valence-electron chi connectivity index (χ0n) is 11.8. The predicted octanol–water partition coefficient (Wildman–Crippen LogP) is 1.57. The second kappa shape index (κ2) is 6.01. The van der Waals surface area contributed by atoms with Crippen LogP contribution in [0.5, 0.6) is 5.75 Å². The van der Waals surface area contributed by atoms with E-state index in [1.54, 1.807) is 0 Å². The summed E-state index contributed by atoms with van der Waals surface area (Å²) in [4.78, 5) is 13.7. The lowest BCUT2D eigenvalue weighted by Crippen LogP contribution is -2.33. The van der Waals surface area contributed by atoms with Crippen LogP contribution in [-0.2, 0) is 9.84 Å². The number of sulfone groups is 1. The van der Waals surface area contributed by atoms with Crippen LogP contribution in [0.3, 0.4) is 0 Å². The van der Waals surface area contributed by atoms with Crippen molar-refractivity contribution in [1.82, 2.24) is 4.90 Å². The highest BCUT2D eigenvalue weighted by Crippen LogP contribution is 2.24. The zero-order valence-corrected chi connectivity index (χ0v) is 12.6. The fourth-order valence-electron chi connectivity index (χ4n) is 2.58. The average molecular weight is 315 g/mol. The first kappa shape index (κ1) is 15.8. The summed E-state index contributed by atoms with van der Waals surface area (Å²) in [6.07, 6.45) is 2.56.